The third-order valence-electron chi connectivity index (χ3n) is 5.93. The highest BCUT2D eigenvalue weighted by molar-refractivity contribution is 7.14. The molecule has 2 aliphatic heterocycles. The SMILES string of the molecule is COc1ccc(-c2csc(N3N=C(c4ccccc4)/C(=N\Nc4cccc(OC)c4)C4OC43)n2)cc1. The van der Waals surface area contributed by atoms with Gasteiger partial charge in [-0.1, -0.05) is 36.4 Å². The molecule has 1 saturated heterocycles. The van der Waals surface area contributed by atoms with Crippen LogP contribution >= 0.6 is 11.3 Å². The number of aromatic nitrogens is 1. The predicted molar refractivity (Wildman–Crippen MR) is 142 cm³/mol. The Labute approximate surface area is 212 Å². The van der Waals surface area contributed by atoms with Crippen molar-refractivity contribution >= 4 is 33.6 Å². The maximum absolute atomic E-state index is 6.05. The fourth-order valence-electron chi connectivity index (χ4n) is 3.99. The van der Waals surface area contributed by atoms with E-state index < -0.39 is 0 Å². The Morgan fingerprint density at radius 1 is 0.917 bits per heavy atom. The number of methoxy groups -OCH3 is 2. The Bertz CT molecular complexity index is 1440. The highest BCUT2D eigenvalue weighted by Gasteiger charge is 2.54. The first-order chi connectivity index (χ1) is 17.7. The third kappa shape index (κ3) is 4.30. The summed E-state index contributed by atoms with van der Waals surface area (Å²) in [5, 5.41) is 14.3. The van der Waals surface area contributed by atoms with Crippen LogP contribution in [0.1, 0.15) is 5.56 Å². The fourth-order valence-corrected chi connectivity index (χ4v) is 4.80. The van der Waals surface area contributed by atoms with Gasteiger partial charge < -0.3 is 14.2 Å². The van der Waals surface area contributed by atoms with E-state index in [1.54, 1.807) is 14.2 Å². The van der Waals surface area contributed by atoms with Crippen molar-refractivity contribution in [1.29, 1.82) is 0 Å². The van der Waals surface area contributed by atoms with Crippen LogP contribution in [0.3, 0.4) is 0 Å². The number of thiazole rings is 1. The lowest BCUT2D eigenvalue weighted by molar-refractivity contribution is 0.390. The van der Waals surface area contributed by atoms with Gasteiger partial charge in [-0.15, -0.1) is 11.3 Å². The fraction of sp³-hybridized carbons (Fsp3) is 0.148. The van der Waals surface area contributed by atoms with Crippen molar-refractivity contribution in [3.05, 3.63) is 89.8 Å². The minimum Gasteiger partial charge on any atom is -0.497 e. The predicted octanol–water partition coefficient (Wildman–Crippen LogP) is 5.24. The van der Waals surface area contributed by atoms with E-state index in [1.807, 2.05) is 89.3 Å². The monoisotopic (exact) mass is 497 g/mol. The Kier molecular flexibility index (Phi) is 5.84. The van der Waals surface area contributed by atoms with Crippen LogP contribution in [0.5, 0.6) is 11.5 Å². The third-order valence-corrected chi connectivity index (χ3v) is 6.76. The van der Waals surface area contributed by atoms with Gasteiger partial charge in [-0.05, 0) is 36.4 Å². The number of hydrazone groups is 2. The summed E-state index contributed by atoms with van der Waals surface area (Å²) < 4.78 is 16.6. The van der Waals surface area contributed by atoms with E-state index >= 15 is 0 Å². The van der Waals surface area contributed by atoms with Crippen LogP contribution in [-0.4, -0.2) is 43.0 Å². The zero-order chi connectivity index (χ0) is 24.5. The molecule has 2 atom stereocenters. The number of nitrogens with one attached hydrogen (secondary N) is 1. The molecule has 3 heterocycles. The molecule has 1 aromatic heterocycles. The van der Waals surface area contributed by atoms with Gasteiger partial charge in [-0.25, -0.2) is 9.99 Å². The van der Waals surface area contributed by atoms with Crippen molar-refractivity contribution in [2.75, 3.05) is 24.7 Å². The lowest BCUT2D eigenvalue weighted by Crippen LogP contribution is -2.37. The number of fused-ring (bicyclic) bond motifs is 1. The topological polar surface area (TPSA) is 83.9 Å². The minimum absolute atomic E-state index is 0.218. The summed E-state index contributed by atoms with van der Waals surface area (Å²) in [4.78, 5) is 4.85. The van der Waals surface area contributed by atoms with Gasteiger partial charge in [0.1, 0.15) is 22.9 Å². The Hall–Kier alpha value is -4.21. The van der Waals surface area contributed by atoms with Crippen LogP contribution in [0, 0.1) is 0 Å². The second-order valence-electron chi connectivity index (χ2n) is 8.19. The molecule has 9 heteroatoms. The smallest absolute Gasteiger partial charge is 0.209 e. The number of ether oxygens (including phenoxy) is 3. The maximum atomic E-state index is 6.05. The molecule has 36 heavy (non-hydrogen) atoms. The lowest BCUT2D eigenvalue weighted by atomic mass is 10.0. The minimum atomic E-state index is -0.252. The molecule has 0 bridgehead atoms. The lowest BCUT2D eigenvalue weighted by Gasteiger charge is -2.21. The van der Waals surface area contributed by atoms with E-state index in [9.17, 15) is 0 Å². The number of nitrogens with zero attached hydrogens (tertiary/aromatic N) is 4. The quantitative estimate of drug-likeness (QED) is 0.278. The Morgan fingerprint density at radius 3 is 2.50 bits per heavy atom. The van der Waals surface area contributed by atoms with Gasteiger partial charge in [0.25, 0.3) is 0 Å². The van der Waals surface area contributed by atoms with Gasteiger partial charge in [-0.3, -0.25) is 5.43 Å². The van der Waals surface area contributed by atoms with Crippen molar-refractivity contribution in [2.45, 2.75) is 12.3 Å². The van der Waals surface area contributed by atoms with Crippen LogP contribution in [0.2, 0.25) is 0 Å². The molecular formula is C27H23N5O3S. The van der Waals surface area contributed by atoms with E-state index in [1.165, 1.54) is 11.3 Å². The van der Waals surface area contributed by atoms with Crippen molar-refractivity contribution in [3.8, 4) is 22.8 Å². The van der Waals surface area contributed by atoms with Crippen molar-refractivity contribution < 1.29 is 14.2 Å². The molecule has 0 radical (unpaired) electrons. The number of anilines is 2. The number of hydrogen-bond acceptors (Lipinski definition) is 9. The number of epoxide rings is 1. The van der Waals surface area contributed by atoms with Crippen molar-refractivity contribution in [2.24, 2.45) is 10.2 Å². The molecule has 3 aromatic carbocycles. The number of rotatable bonds is 7. The summed E-state index contributed by atoms with van der Waals surface area (Å²) in [5.41, 5.74) is 8.30. The summed E-state index contributed by atoms with van der Waals surface area (Å²) >= 11 is 1.53. The molecule has 2 aliphatic rings. The van der Waals surface area contributed by atoms with Crippen LogP contribution in [0.25, 0.3) is 11.3 Å². The second kappa shape index (κ2) is 9.44. The summed E-state index contributed by atoms with van der Waals surface area (Å²) in [6.07, 6.45) is -0.470. The molecule has 4 aromatic rings. The van der Waals surface area contributed by atoms with Gasteiger partial charge in [0.15, 0.2) is 12.3 Å². The maximum Gasteiger partial charge on any atom is 0.209 e. The average Bonchev–Trinajstić information content (AvgIpc) is 3.60. The first-order valence-corrected chi connectivity index (χ1v) is 12.3. The highest BCUT2D eigenvalue weighted by atomic mass is 32.1. The van der Waals surface area contributed by atoms with E-state index in [-0.39, 0.29) is 12.3 Å². The van der Waals surface area contributed by atoms with Gasteiger partial charge in [-0.2, -0.15) is 10.2 Å². The van der Waals surface area contributed by atoms with Crippen molar-refractivity contribution in [3.63, 3.8) is 0 Å². The molecule has 0 spiro atoms. The summed E-state index contributed by atoms with van der Waals surface area (Å²) in [7, 11) is 3.30. The van der Waals surface area contributed by atoms with Gasteiger partial charge in [0.05, 0.1) is 25.6 Å². The van der Waals surface area contributed by atoms with E-state index in [2.05, 4.69) is 5.43 Å². The van der Waals surface area contributed by atoms with Crippen LogP contribution in [0.15, 0.2) is 94.4 Å². The first kappa shape index (κ1) is 22.3. The van der Waals surface area contributed by atoms with Gasteiger partial charge >= 0.3 is 0 Å². The first-order valence-electron chi connectivity index (χ1n) is 11.4. The molecule has 1 fully saturated rings. The van der Waals surface area contributed by atoms with Crippen molar-refractivity contribution in [1.82, 2.24) is 4.98 Å². The zero-order valence-corrected chi connectivity index (χ0v) is 20.5. The highest BCUT2D eigenvalue weighted by Crippen LogP contribution is 2.39. The average molecular weight is 498 g/mol. The van der Waals surface area contributed by atoms with Crippen LogP contribution in [0.4, 0.5) is 10.8 Å². The molecule has 180 valence electrons. The molecule has 8 nitrogen and oxygen atoms in total. The molecule has 0 saturated carbocycles. The van der Waals surface area contributed by atoms with Crippen LogP contribution < -0.4 is 19.9 Å². The summed E-state index contributed by atoms with van der Waals surface area (Å²) in [6.45, 7) is 0. The number of hydrogen-bond donors (Lipinski definition) is 1. The van der Waals surface area contributed by atoms with Gasteiger partial charge in [0.2, 0.25) is 5.13 Å². The van der Waals surface area contributed by atoms with E-state index in [4.69, 9.17) is 29.4 Å². The largest absolute Gasteiger partial charge is 0.497 e. The van der Waals surface area contributed by atoms with E-state index in [0.29, 0.717) is 0 Å². The Morgan fingerprint density at radius 2 is 1.72 bits per heavy atom. The molecular weight excluding hydrogens is 474 g/mol. The zero-order valence-electron chi connectivity index (χ0n) is 19.7. The Balaban J connectivity index is 1.33. The summed E-state index contributed by atoms with van der Waals surface area (Å²) in [5.74, 6) is 1.56. The normalized spacial score (nSPS) is 19.4. The summed E-state index contributed by atoms with van der Waals surface area (Å²) in [6, 6.07) is 25.5. The van der Waals surface area contributed by atoms with Crippen LogP contribution in [-0.2, 0) is 4.74 Å². The molecule has 0 aliphatic carbocycles. The second-order valence-corrected chi connectivity index (χ2v) is 9.03. The number of benzene rings is 3. The van der Waals surface area contributed by atoms with Gasteiger partial charge in [0, 0.05) is 22.6 Å². The standard InChI is InChI=1S/C27H23N5O3S/c1-33-20-13-11-17(12-14-20)22-16-36-27(28-22)32-26-25(35-26)24(23(31-32)18-7-4-3-5-8-18)30-29-19-9-6-10-21(15-19)34-2/h3-16,25-26,29H,1-2H3/b30-24+. The molecule has 6 rings (SSSR count). The molecule has 0 amide bonds. The van der Waals surface area contributed by atoms with E-state index in [0.717, 1.165) is 50.6 Å². The molecule has 1 N–H and O–H groups in total. The molecule has 2 unspecified atom stereocenters.